The van der Waals surface area contributed by atoms with Crippen molar-refractivity contribution in [3.05, 3.63) is 57.2 Å². The van der Waals surface area contributed by atoms with Crippen molar-refractivity contribution >= 4 is 23.1 Å². The minimum absolute atomic E-state index is 0.0882. The first-order valence-electron chi connectivity index (χ1n) is 5.59. The highest BCUT2D eigenvalue weighted by Gasteiger charge is 2.11. The van der Waals surface area contributed by atoms with Crippen molar-refractivity contribution in [2.75, 3.05) is 5.43 Å². The van der Waals surface area contributed by atoms with Crippen LogP contribution in [0.2, 0.25) is 5.02 Å². The zero-order valence-corrected chi connectivity index (χ0v) is 11.0. The van der Waals surface area contributed by atoms with E-state index in [2.05, 4.69) is 10.4 Å². The molecular weight excluding hydrogens is 284 g/mol. The van der Waals surface area contributed by atoms with Crippen LogP contribution < -0.4 is 16.0 Å². The maximum absolute atomic E-state index is 10.7. The molecule has 0 saturated carbocycles. The monoisotopic (exact) mass is 294 g/mol. The summed E-state index contributed by atoms with van der Waals surface area (Å²) in [5.41, 5.74) is 2.94. The number of nitrogens with two attached hydrogens (primary N) is 1. The second-order valence-electron chi connectivity index (χ2n) is 3.82. The number of nitrogens with zero attached hydrogens (tertiary/aromatic N) is 2. The summed E-state index contributed by atoms with van der Waals surface area (Å²) in [4.78, 5) is 14.3. The van der Waals surface area contributed by atoms with Gasteiger partial charge in [-0.2, -0.15) is 0 Å². The molecule has 0 aliphatic carbocycles. The van der Waals surface area contributed by atoms with Gasteiger partial charge < -0.3 is 10.2 Å². The van der Waals surface area contributed by atoms with Crippen molar-refractivity contribution in [3.63, 3.8) is 0 Å². The van der Waals surface area contributed by atoms with Gasteiger partial charge in [0.25, 0.3) is 5.69 Å². The SMILES string of the molecule is NNc1cccc(COc2cc([N+](=O)[O-])ccc2Cl)n1. The number of rotatable bonds is 5. The standard InChI is InChI=1S/C12H11ClN4O3/c13-10-5-4-9(17(18)19)6-11(10)20-7-8-2-1-3-12(15-8)16-14/h1-6H,7,14H2,(H,15,16). The number of hydrazine groups is 1. The molecule has 0 amide bonds. The lowest BCUT2D eigenvalue weighted by atomic mass is 10.3. The number of hydrogen-bond donors (Lipinski definition) is 2. The van der Waals surface area contributed by atoms with Crippen LogP contribution in [0.3, 0.4) is 0 Å². The first kappa shape index (κ1) is 14.0. The van der Waals surface area contributed by atoms with E-state index >= 15 is 0 Å². The van der Waals surface area contributed by atoms with Gasteiger partial charge in [-0.25, -0.2) is 10.8 Å². The molecule has 2 rings (SSSR count). The summed E-state index contributed by atoms with van der Waals surface area (Å²) in [7, 11) is 0. The Kier molecular flexibility index (Phi) is 4.34. The van der Waals surface area contributed by atoms with Gasteiger partial charge in [-0.15, -0.1) is 0 Å². The number of aromatic nitrogens is 1. The summed E-state index contributed by atoms with van der Waals surface area (Å²) in [6.07, 6.45) is 0. The minimum Gasteiger partial charge on any atom is -0.485 e. The predicted molar refractivity (Wildman–Crippen MR) is 74.5 cm³/mol. The quantitative estimate of drug-likeness (QED) is 0.499. The van der Waals surface area contributed by atoms with Crippen molar-refractivity contribution in [3.8, 4) is 5.75 Å². The van der Waals surface area contributed by atoms with E-state index < -0.39 is 4.92 Å². The fraction of sp³-hybridized carbons (Fsp3) is 0.0833. The zero-order chi connectivity index (χ0) is 14.5. The number of halogens is 1. The van der Waals surface area contributed by atoms with E-state index in [0.29, 0.717) is 16.5 Å². The molecule has 0 atom stereocenters. The highest BCUT2D eigenvalue weighted by molar-refractivity contribution is 6.32. The summed E-state index contributed by atoms with van der Waals surface area (Å²) in [6.45, 7) is 0.121. The second kappa shape index (κ2) is 6.18. The summed E-state index contributed by atoms with van der Waals surface area (Å²) in [5, 5.41) is 11.0. The highest BCUT2D eigenvalue weighted by atomic mass is 35.5. The summed E-state index contributed by atoms with van der Waals surface area (Å²) in [6, 6.07) is 9.20. The number of nitrogens with one attached hydrogen (secondary N) is 1. The average Bonchev–Trinajstić information content (AvgIpc) is 2.46. The van der Waals surface area contributed by atoms with E-state index in [0.717, 1.165) is 0 Å². The molecule has 0 saturated heterocycles. The Morgan fingerprint density at radius 2 is 2.20 bits per heavy atom. The third kappa shape index (κ3) is 3.34. The van der Waals surface area contributed by atoms with E-state index in [1.807, 2.05) is 0 Å². The Morgan fingerprint density at radius 1 is 1.40 bits per heavy atom. The van der Waals surface area contributed by atoms with Crippen molar-refractivity contribution in [1.29, 1.82) is 0 Å². The molecule has 7 nitrogen and oxygen atoms in total. The van der Waals surface area contributed by atoms with Gasteiger partial charge >= 0.3 is 0 Å². The Bertz CT molecular complexity index is 636. The number of nitrogen functional groups attached to an aromatic ring is 1. The fourth-order valence-corrected chi connectivity index (χ4v) is 1.68. The number of nitro groups is 1. The molecule has 3 N–H and O–H groups in total. The molecule has 1 heterocycles. The molecule has 0 aliphatic heterocycles. The van der Waals surface area contributed by atoms with E-state index in [4.69, 9.17) is 22.2 Å². The van der Waals surface area contributed by atoms with Crippen molar-refractivity contribution < 1.29 is 9.66 Å². The Hall–Kier alpha value is -2.38. The summed E-state index contributed by atoms with van der Waals surface area (Å²) in [5.74, 6) is 5.98. The predicted octanol–water partition coefficient (Wildman–Crippen LogP) is 2.51. The molecule has 20 heavy (non-hydrogen) atoms. The molecule has 0 spiro atoms. The number of ether oxygens (including phenoxy) is 1. The molecule has 0 aliphatic rings. The first-order chi connectivity index (χ1) is 9.60. The molecule has 0 bridgehead atoms. The number of nitro benzene ring substituents is 1. The number of non-ortho nitro benzene ring substituents is 1. The summed E-state index contributed by atoms with van der Waals surface area (Å²) >= 11 is 5.93. The number of hydrogen-bond acceptors (Lipinski definition) is 6. The summed E-state index contributed by atoms with van der Waals surface area (Å²) < 4.78 is 5.45. The normalized spacial score (nSPS) is 10.1. The largest absolute Gasteiger partial charge is 0.485 e. The number of anilines is 1. The smallest absolute Gasteiger partial charge is 0.273 e. The van der Waals surface area contributed by atoms with Gasteiger partial charge in [0.2, 0.25) is 0 Å². The van der Waals surface area contributed by atoms with Crippen LogP contribution in [0.1, 0.15) is 5.69 Å². The van der Waals surface area contributed by atoms with Gasteiger partial charge in [-0.3, -0.25) is 10.1 Å². The van der Waals surface area contributed by atoms with Crippen LogP contribution in [0.25, 0.3) is 0 Å². The van der Waals surface area contributed by atoms with Crippen LogP contribution in [0.15, 0.2) is 36.4 Å². The zero-order valence-electron chi connectivity index (χ0n) is 10.2. The van der Waals surface area contributed by atoms with Crippen molar-refractivity contribution in [2.45, 2.75) is 6.61 Å². The molecule has 0 unspecified atom stereocenters. The third-order valence-corrected chi connectivity index (χ3v) is 2.77. The van der Waals surface area contributed by atoms with Crippen LogP contribution in [0.5, 0.6) is 5.75 Å². The first-order valence-corrected chi connectivity index (χ1v) is 5.97. The molecular formula is C12H11ClN4O3. The Morgan fingerprint density at radius 3 is 2.90 bits per heavy atom. The second-order valence-corrected chi connectivity index (χ2v) is 4.23. The Balaban J connectivity index is 2.13. The van der Waals surface area contributed by atoms with Crippen LogP contribution >= 0.6 is 11.6 Å². The third-order valence-electron chi connectivity index (χ3n) is 2.46. The maximum atomic E-state index is 10.7. The van der Waals surface area contributed by atoms with Crippen LogP contribution in [-0.2, 0) is 6.61 Å². The topological polar surface area (TPSA) is 103 Å². The van der Waals surface area contributed by atoms with Crippen molar-refractivity contribution in [1.82, 2.24) is 4.98 Å². The molecule has 0 radical (unpaired) electrons. The molecule has 104 valence electrons. The number of benzene rings is 1. The van der Waals surface area contributed by atoms with E-state index in [9.17, 15) is 10.1 Å². The molecule has 8 heteroatoms. The van der Waals surface area contributed by atoms with Crippen LogP contribution in [0.4, 0.5) is 11.5 Å². The molecule has 1 aromatic heterocycles. The average molecular weight is 295 g/mol. The van der Waals surface area contributed by atoms with Gasteiger partial charge in [0.1, 0.15) is 18.2 Å². The molecule has 0 fully saturated rings. The van der Waals surface area contributed by atoms with Gasteiger partial charge in [0, 0.05) is 6.07 Å². The molecule has 2 aromatic rings. The number of pyridine rings is 1. The lowest BCUT2D eigenvalue weighted by molar-refractivity contribution is -0.384. The van der Waals surface area contributed by atoms with Gasteiger partial charge in [0.15, 0.2) is 0 Å². The Labute approximate surface area is 119 Å². The highest BCUT2D eigenvalue weighted by Crippen LogP contribution is 2.29. The fourth-order valence-electron chi connectivity index (χ4n) is 1.51. The van der Waals surface area contributed by atoms with E-state index in [1.54, 1.807) is 18.2 Å². The minimum atomic E-state index is -0.513. The van der Waals surface area contributed by atoms with Gasteiger partial charge in [0.05, 0.1) is 21.7 Å². The maximum Gasteiger partial charge on any atom is 0.273 e. The van der Waals surface area contributed by atoms with Crippen LogP contribution in [-0.4, -0.2) is 9.91 Å². The molecule has 1 aromatic carbocycles. The lowest BCUT2D eigenvalue weighted by Gasteiger charge is -2.08. The van der Waals surface area contributed by atoms with Crippen LogP contribution in [0, 0.1) is 10.1 Å². The van der Waals surface area contributed by atoms with Gasteiger partial charge in [-0.05, 0) is 18.2 Å². The van der Waals surface area contributed by atoms with Crippen molar-refractivity contribution in [2.24, 2.45) is 5.84 Å². The lowest BCUT2D eigenvalue weighted by Crippen LogP contribution is -2.09. The van der Waals surface area contributed by atoms with E-state index in [1.165, 1.54) is 18.2 Å². The van der Waals surface area contributed by atoms with E-state index in [-0.39, 0.29) is 18.0 Å². The van der Waals surface area contributed by atoms with Gasteiger partial charge in [-0.1, -0.05) is 17.7 Å².